The number of aromatic nitrogens is 3. The second-order valence-electron chi connectivity index (χ2n) is 13.9. The van der Waals surface area contributed by atoms with Crippen LogP contribution < -0.4 is 0 Å². The Morgan fingerprint density at radius 2 is 0.982 bits per heavy atom. The van der Waals surface area contributed by atoms with Gasteiger partial charge in [-0.25, -0.2) is 15.0 Å². The standard InChI is InChI=1S/C49H27N3O2S/c1-3-13-28(14-4-1)47-50-48(29-15-5-2-6-16-29)52-49(51-47)35-24-23-33(44-42(35)38-25-30-17-7-8-18-31(30)26-40(38)54-44)37-27-36-32-19-9-11-21-39(32)53-45(36)43-34-20-10-12-22-41(34)55-46(37)43/h1-27H. The molecule has 0 aliphatic rings. The molecule has 0 atom stereocenters. The minimum Gasteiger partial charge on any atom is -0.455 e. The van der Waals surface area contributed by atoms with Crippen molar-refractivity contribution in [3.05, 3.63) is 164 Å². The SMILES string of the molecule is c1ccc(-c2nc(-c3ccccc3)nc(-c3ccc(-c4cc5c6ccccc6oc5c5c4sc4ccccc45)c4oc5cc6ccccc6cc5c34)n2)cc1. The Labute approximate surface area is 317 Å². The van der Waals surface area contributed by atoms with Gasteiger partial charge < -0.3 is 8.83 Å². The van der Waals surface area contributed by atoms with Crippen LogP contribution in [0.3, 0.4) is 0 Å². The Balaban J connectivity index is 1.21. The Kier molecular flexibility index (Phi) is 6.44. The molecule has 4 aromatic heterocycles. The molecule has 5 nitrogen and oxygen atoms in total. The highest BCUT2D eigenvalue weighted by Gasteiger charge is 2.25. The van der Waals surface area contributed by atoms with Crippen LogP contribution in [0.2, 0.25) is 0 Å². The van der Waals surface area contributed by atoms with E-state index in [9.17, 15) is 0 Å². The Hall–Kier alpha value is -7.15. The molecule has 0 saturated carbocycles. The van der Waals surface area contributed by atoms with Crippen molar-refractivity contribution in [3.63, 3.8) is 0 Å². The highest BCUT2D eigenvalue weighted by Crippen LogP contribution is 2.50. The van der Waals surface area contributed by atoms with Gasteiger partial charge in [0.05, 0.1) is 0 Å². The highest BCUT2D eigenvalue weighted by molar-refractivity contribution is 7.26. The summed E-state index contributed by atoms with van der Waals surface area (Å²) in [6.07, 6.45) is 0. The molecule has 0 bridgehead atoms. The van der Waals surface area contributed by atoms with E-state index in [1.54, 1.807) is 11.3 Å². The van der Waals surface area contributed by atoms with Gasteiger partial charge in [-0.05, 0) is 53.2 Å². The number of thiophene rings is 1. The van der Waals surface area contributed by atoms with Gasteiger partial charge in [0.25, 0.3) is 0 Å². The van der Waals surface area contributed by atoms with Gasteiger partial charge in [-0.1, -0.05) is 121 Å². The molecule has 0 aliphatic carbocycles. The van der Waals surface area contributed by atoms with Crippen molar-refractivity contribution in [1.29, 1.82) is 0 Å². The monoisotopic (exact) mass is 721 g/mol. The van der Waals surface area contributed by atoms with Crippen molar-refractivity contribution in [2.75, 3.05) is 0 Å². The minimum absolute atomic E-state index is 0.586. The zero-order chi connectivity index (χ0) is 36.0. The van der Waals surface area contributed by atoms with Crippen molar-refractivity contribution < 1.29 is 8.83 Å². The molecule has 8 aromatic carbocycles. The fourth-order valence-corrected chi connectivity index (χ4v) is 9.39. The van der Waals surface area contributed by atoms with Crippen LogP contribution in [0, 0.1) is 0 Å². The van der Waals surface area contributed by atoms with Crippen molar-refractivity contribution in [2.24, 2.45) is 0 Å². The van der Waals surface area contributed by atoms with Gasteiger partial charge in [0.1, 0.15) is 22.3 Å². The number of rotatable bonds is 4. The third-order valence-corrected chi connectivity index (χ3v) is 11.9. The zero-order valence-electron chi connectivity index (χ0n) is 29.2. The van der Waals surface area contributed by atoms with Crippen LogP contribution in [-0.2, 0) is 0 Å². The van der Waals surface area contributed by atoms with E-state index in [4.69, 9.17) is 23.8 Å². The normalized spacial score (nSPS) is 12.0. The van der Waals surface area contributed by atoms with Crippen LogP contribution in [0.5, 0.6) is 0 Å². The Morgan fingerprint density at radius 3 is 1.75 bits per heavy atom. The van der Waals surface area contributed by atoms with Crippen molar-refractivity contribution in [2.45, 2.75) is 0 Å². The highest BCUT2D eigenvalue weighted by atomic mass is 32.1. The third-order valence-electron chi connectivity index (χ3n) is 10.7. The summed E-state index contributed by atoms with van der Waals surface area (Å²) in [5, 5.41) is 8.71. The summed E-state index contributed by atoms with van der Waals surface area (Å²) >= 11 is 1.79. The molecule has 0 saturated heterocycles. The number of fused-ring (bicyclic) bond motifs is 11. The van der Waals surface area contributed by atoms with Crippen LogP contribution in [-0.4, -0.2) is 15.0 Å². The van der Waals surface area contributed by atoms with Crippen LogP contribution in [0.4, 0.5) is 0 Å². The van der Waals surface area contributed by atoms with Crippen molar-refractivity contribution in [3.8, 4) is 45.3 Å². The fourth-order valence-electron chi connectivity index (χ4n) is 8.16. The van der Waals surface area contributed by atoms with Gasteiger partial charge in [0, 0.05) is 69.5 Å². The lowest BCUT2D eigenvalue weighted by atomic mass is 9.95. The molecule has 6 heteroatoms. The molecule has 0 spiro atoms. The van der Waals surface area contributed by atoms with Crippen LogP contribution >= 0.6 is 11.3 Å². The molecule has 55 heavy (non-hydrogen) atoms. The first-order valence-corrected chi connectivity index (χ1v) is 19.1. The Bertz CT molecular complexity index is 3430. The van der Waals surface area contributed by atoms with E-state index in [0.717, 1.165) is 92.6 Å². The number of nitrogens with zero attached hydrogens (tertiary/aromatic N) is 3. The maximum absolute atomic E-state index is 7.05. The van der Waals surface area contributed by atoms with E-state index in [1.165, 1.54) is 10.1 Å². The molecule has 0 fully saturated rings. The molecule has 0 radical (unpaired) electrons. The number of benzene rings is 8. The van der Waals surface area contributed by atoms with Crippen LogP contribution in [0.15, 0.2) is 173 Å². The second kappa shape index (κ2) is 11.7. The molecule has 4 heterocycles. The Morgan fingerprint density at radius 1 is 0.382 bits per heavy atom. The first-order valence-electron chi connectivity index (χ1n) is 18.3. The molecule has 12 aromatic rings. The molecular formula is C49H27N3O2S. The topological polar surface area (TPSA) is 65.0 Å². The minimum atomic E-state index is 0.586. The first kappa shape index (κ1) is 30.3. The summed E-state index contributed by atoms with van der Waals surface area (Å²) in [6.45, 7) is 0. The van der Waals surface area contributed by atoms with Gasteiger partial charge in [0.15, 0.2) is 17.5 Å². The number of hydrogen-bond donors (Lipinski definition) is 0. The van der Waals surface area contributed by atoms with Gasteiger partial charge >= 0.3 is 0 Å². The van der Waals surface area contributed by atoms with E-state index in [0.29, 0.717) is 17.5 Å². The fraction of sp³-hybridized carbons (Fsp3) is 0. The lowest BCUT2D eigenvalue weighted by molar-refractivity contribution is 0.670. The molecule has 0 aliphatic heterocycles. The molecule has 12 rings (SSSR count). The lowest BCUT2D eigenvalue weighted by Gasteiger charge is -2.11. The van der Waals surface area contributed by atoms with Crippen LogP contribution in [0.25, 0.3) is 120 Å². The largest absolute Gasteiger partial charge is 0.455 e. The predicted molar refractivity (Wildman–Crippen MR) is 227 cm³/mol. The van der Waals surface area contributed by atoms with Crippen molar-refractivity contribution >= 4 is 86.2 Å². The summed E-state index contributed by atoms with van der Waals surface area (Å²) in [7, 11) is 0. The second-order valence-corrected chi connectivity index (χ2v) is 15.0. The molecule has 0 unspecified atom stereocenters. The van der Waals surface area contributed by atoms with E-state index in [-0.39, 0.29) is 0 Å². The van der Waals surface area contributed by atoms with Gasteiger partial charge in [0.2, 0.25) is 0 Å². The van der Waals surface area contributed by atoms with E-state index in [2.05, 4.69) is 97.1 Å². The number of furan rings is 2. The first-order chi connectivity index (χ1) is 27.2. The third kappa shape index (κ3) is 4.62. The average molecular weight is 722 g/mol. The summed E-state index contributed by atoms with van der Waals surface area (Å²) < 4.78 is 16.1. The molecule has 256 valence electrons. The number of hydrogen-bond acceptors (Lipinski definition) is 6. The average Bonchev–Trinajstić information content (AvgIpc) is 3.94. The summed E-state index contributed by atoms with van der Waals surface area (Å²) in [6, 6.07) is 56.6. The quantitative estimate of drug-likeness (QED) is 0.181. The number of para-hydroxylation sites is 1. The maximum Gasteiger partial charge on any atom is 0.164 e. The predicted octanol–water partition coefficient (Wildman–Crippen LogP) is 13.9. The molecule has 0 N–H and O–H groups in total. The summed E-state index contributed by atoms with van der Waals surface area (Å²) in [4.78, 5) is 15.3. The molecule has 0 amide bonds. The molecular weight excluding hydrogens is 695 g/mol. The van der Waals surface area contributed by atoms with Crippen LogP contribution in [0.1, 0.15) is 0 Å². The van der Waals surface area contributed by atoms with Crippen molar-refractivity contribution in [1.82, 2.24) is 15.0 Å². The van der Waals surface area contributed by atoms with E-state index in [1.807, 2.05) is 66.7 Å². The lowest BCUT2D eigenvalue weighted by Crippen LogP contribution is -2.00. The summed E-state index contributed by atoms with van der Waals surface area (Å²) in [5.41, 5.74) is 8.21. The maximum atomic E-state index is 7.05. The zero-order valence-corrected chi connectivity index (χ0v) is 30.0. The summed E-state index contributed by atoms with van der Waals surface area (Å²) in [5.74, 6) is 1.82. The van der Waals surface area contributed by atoms with Gasteiger partial charge in [-0.15, -0.1) is 11.3 Å². The van der Waals surface area contributed by atoms with E-state index < -0.39 is 0 Å². The van der Waals surface area contributed by atoms with Gasteiger partial charge in [-0.3, -0.25) is 0 Å². The smallest absolute Gasteiger partial charge is 0.164 e. The van der Waals surface area contributed by atoms with Gasteiger partial charge in [-0.2, -0.15) is 0 Å². The van der Waals surface area contributed by atoms with E-state index >= 15 is 0 Å².